The average molecular weight is 374 g/mol. The highest BCUT2D eigenvalue weighted by atomic mass is 16.6. The lowest BCUT2D eigenvalue weighted by atomic mass is 9.43. The largest absolute Gasteiger partial charge is 0.389 e. The lowest BCUT2D eigenvalue weighted by Crippen LogP contribution is -2.63. The second kappa shape index (κ2) is 5.98. The van der Waals surface area contributed by atoms with Crippen molar-refractivity contribution in [3.8, 4) is 0 Å². The van der Waals surface area contributed by atoms with Crippen molar-refractivity contribution in [2.24, 2.45) is 40.4 Å². The molecular weight excluding hydrogens is 344 g/mol. The Kier molecular flexibility index (Phi) is 3.99. The molecule has 5 rings (SSSR count). The molecule has 1 saturated heterocycles. The Morgan fingerprint density at radius 2 is 2.11 bits per heavy atom. The second-order valence-electron chi connectivity index (χ2n) is 9.90. The van der Waals surface area contributed by atoms with Crippen molar-refractivity contribution in [3.05, 3.63) is 11.6 Å². The summed E-state index contributed by atoms with van der Waals surface area (Å²) >= 11 is 0. The Labute approximate surface area is 160 Å². The van der Waals surface area contributed by atoms with E-state index >= 15 is 0 Å². The van der Waals surface area contributed by atoms with E-state index in [2.05, 4.69) is 6.92 Å². The summed E-state index contributed by atoms with van der Waals surface area (Å²) < 4.78 is 5.90. The molecule has 0 aromatic carbocycles. The van der Waals surface area contributed by atoms with Crippen LogP contribution in [0, 0.1) is 40.4 Å². The minimum atomic E-state index is -0.902. The first-order valence-electron chi connectivity index (χ1n) is 10.6. The topological polar surface area (TPSA) is 83.8 Å². The molecule has 0 unspecified atom stereocenters. The number of carbonyl (C=O) groups excluding carboxylic acids is 2. The minimum absolute atomic E-state index is 0.0401. The number of ketones is 2. The van der Waals surface area contributed by atoms with Gasteiger partial charge in [0.25, 0.3) is 0 Å². The fraction of sp³-hybridized carbons (Fsp3) is 0.818. The van der Waals surface area contributed by atoms with Gasteiger partial charge in [-0.2, -0.15) is 0 Å². The third-order valence-corrected chi connectivity index (χ3v) is 9.12. The molecule has 8 atom stereocenters. The van der Waals surface area contributed by atoms with Crippen LogP contribution >= 0.6 is 0 Å². The van der Waals surface area contributed by atoms with Crippen LogP contribution < -0.4 is 0 Å². The van der Waals surface area contributed by atoms with E-state index in [1.807, 2.05) is 6.08 Å². The third kappa shape index (κ3) is 2.22. The highest BCUT2D eigenvalue weighted by Gasteiger charge is 2.68. The Morgan fingerprint density at radius 1 is 1.30 bits per heavy atom. The average Bonchev–Trinajstić information content (AvgIpc) is 3.04. The van der Waals surface area contributed by atoms with E-state index in [1.165, 1.54) is 5.57 Å². The monoisotopic (exact) mass is 374 g/mol. The van der Waals surface area contributed by atoms with Crippen molar-refractivity contribution in [2.75, 3.05) is 13.2 Å². The highest BCUT2D eigenvalue weighted by molar-refractivity contribution is 5.91. The maximum atomic E-state index is 12.5. The standard InChI is InChI=1S/C22H30O5/c1-21-7-6-14(24)8-13(21)2-3-15-16-4-5-17(18(25)10-23)22(16)9-12(19(15)21)11-27-20(22)26/h8,12,15-17,19-20,23,26H,2-7,9-11H2,1H3/t12-,15+,16+,17-,19+,20+,21+,22-/m1/s1. The van der Waals surface area contributed by atoms with Crippen molar-refractivity contribution in [3.63, 3.8) is 0 Å². The van der Waals surface area contributed by atoms with E-state index in [-0.39, 0.29) is 28.8 Å². The molecule has 1 aliphatic heterocycles. The molecular formula is C22H30O5. The molecule has 1 heterocycles. The molecule has 2 bridgehead atoms. The number of Topliss-reactive ketones (excluding diaryl/α,β-unsaturated/α-hetero) is 1. The van der Waals surface area contributed by atoms with Crippen LogP contribution in [0.5, 0.6) is 0 Å². The van der Waals surface area contributed by atoms with E-state index in [0.29, 0.717) is 30.8 Å². The first-order valence-corrected chi connectivity index (χ1v) is 10.6. The zero-order chi connectivity index (χ0) is 19.0. The molecule has 0 amide bonds. The summed E-state index contributed by atoms with van der Waals surface area (Å²) in [5.41, 5.74) is 0.837. The number of hydrogen-bond acceptors (Lipinski definition) is 5. The van der Waals surface area contributed by atoms with Crippen LogP contribution in [0.2, 0.25) is 0 Å². The van der Waals surface area contributed by atoms with Crippen LogP contribution in [-0.2, 0) is 14.3 Å². The number of aliphatic hydroxyl groups is 2. The molecule has 5 nitrogen and oxygen atoms in total. The SMILES string of the molecule is C[C@]12CCC(=O)C=C1CC[C@@H]1[C@@H]2[C@H]2CO[C@H](O)[C@@]3(C2)[C@@H](C(=O)CO)CC[C@@H]13. The molecule has 2 N–H and O–H groups in total. The van der Waals surface area contributed by atoms with Crippen molar-refractivity contribution < 1.29 is 24.5 Å². The van der Waals surface area contributed by atoms with Gasteiger partial charge in [-0.05, 0) is 73.7 Å². The van der Waals surface area contributed by atoms with E-state index < -0.39 is 18.3 Å². The number of allylic oxidation sites excluding steroid dienone is 1. The van der Waals surface area contributed by atoms with Crippen LogP contribution in [0.1, 0.15) is 51.9 Å². The Balaban J connectivity index is 1.58. The molecule has 3 saturated carbocycles. The lowest BCUT2D eigenvalue weighted by Gasteiger charge is -2.64. The van der Waals surface area contributed by atoms with Gasteiger partial charge in [-0.25, -0.2) is 0 Å². The van der Waals surface area contributed by atoms with Gasteiger partial charge in [0.2, 0.25) is 0 Å². The molecule has 4 aliphatic carbocycles. The number of carbonyl (C=O) groups is 2. The zero-order valence-electron chi connectivity index (χ0n) is 16.0. The quantitative estimate of drug-likeness (QED) is 0.775. The summed E-state index contributed by atoms with van der Waals surface area (Å²) in [5, 5.41) is 20.4. The van der Waals surface area contributed by atoms with Crippen molar-refractivity contribution >= 4 is 11.6 Å². The fourth-order valence-electron chi connectivity index (χ4n) is 8.20. The van der Waals surface area contributed by atoms with Gasteiger partial charge in [0.15, 0.2) is 17.9 Å². The summed E-state index contributed by atoms with van der Waals surface area (Å²) in [6.07, 6.45) is 7.03. The summed E-state index contributed by atoms with van der Waals surface area (Å²) in [6, 6.07) is 0. The van der Waals surface area contributed by atoms with E-state index in [9.17, 15) is 19.8 Å². The highest BCUT2D eigenvalue weighted by Crippen LogP contribution is 2.70. The van der Waals surface area contributed by atoms with Crippen molar-refractivity contribution in [1.29, 1.82) is 0 Å². The molecule has 0 radical (unpaired) electrons. The number of fused-ring (bicyclic) bond motifs is 6. The number of ether oxygens (including phenoxy) is 1. The van der Waals surface area contributed by atoms with Gasteiger partial charge in [0.05, 0.1) is 6.61 Å². The van der Waals surface area contributed by atoms with E-state index in [0.717, 1.165) is 38.5 Å². The smallest absolute Gasteiger partial charge is 0.162 e. The molecule has 148 valence electrons. The van der Waals surface area contributed by atoms with Gasteiger partial charge < -0.3 is 14.9 Å². The van der Waals surface area contributed by atoms with Crippen LogP contribution in [0.3, 0.4) is 0 Å². The van der Waals surface area contributed by atoms with Crippen LogP contribution in [0.15, 0.2) is 11.6 Å². The van der Waals surface area contributed by atoms with Gasteiger partial charge in [-0.3, -0.25) is 9.59 Å². The zero-order valence-corrected chi connectivity index (χ0v) is 16.0. The number of hydrogen-bond donors (Lipinski definition) is 2. The van der Waals surface area contributed by atoms with Gasteiger partial charge in [-0.1, -0.05) is 12.5 Å². The summed E-state index contributed by atoms with van der Waals surface area (Å²) in [7, 11) is 0. The molecule has 27 heavy (non-hydrogen) atoms. The van der Waals surface area contributed by atoms with Crippen molar-refractivity contribution in [1.82, 2.24) is 0 Å². The maximum Gasteiger partial charge on any atom is 0.162 e. The molecule has 5 heteroatoms. The van der Waals surface area contributed by atoms with E-state index in [4.69, 9.17) is 4.74 Å². The predicted molar refractivity (Wildman–Crippen MR) is 97.5 cm³/mol. The summed E-state index contributed by atoms with van der Waals surface area (Å²) in [6.45, 7) is 2.43. The Bertz CT molecular complexity index is 713. The van der Waals surface area contributed by atoms with Gasteiger partial charge in [0.1, 0.15) is 6.61 Å². The molecule has 1 spiro atoms. The van der Waals surface area contributed by atoms with E-state index in [1.54, 1.807) is 0 Å². The number of rotatable bonds is 2. The van der Waals surface area contributed by atoms with Gasteiger partial charge in [0, 0.05) is 17.8 Å². The second-order valence-corrected chi connectivity index (χ2v) is 9.90. The third-order valence-electron chi connectivity index (χ3n) is 9.12. The van der Waals surface area contributed by atoms with Gasteiger partial charge >= 0.3 is 0 Å². The lowest BCUT2D eigenvalue weighted by molar-refractivity contribution is -0.286. The molecule has 4 fully saturated rings. The first-order chi connectivity index (χ1) is 12.9. The van der Waals surface area contributed by atoms with Crippen molar-refractivity contribution in [2.45, 2.75) is 58.2 Å². The van der Waals surface area contributed by atoms with Crippen LogP contribution in [0.25, 0.3) is 0 Å². The minimum Gasteiger partial charge on any atom is -0.389 e. The van der Waals surface area contributed by atoms with Crippen LogP contribution in [0.4, 0.5) is 0 Å². The Hall–Kier alpha value is -1.04. The maximum absolute atomic E-state index is 12.5. The van der Waals surface area contributed by atoms with Crippen LogP contribution in [-0.4, -0.2) is 41.3 Å². The first kappa shape index (κ1) is 18.0. The Morgan fingerprint density at radius 3 is 2.89 bits per heavy atom. The predicted octanol–water partition coefficient (Wildman–Crippen LogP) is 2.25. The normalized spacial score (nSPS) is 51.1. The summed E-state index contributed by atoms with van der Waals surface area (Å²) in [5.74, 6) is 1.34. The summed E-state index contributed by atoms with van der Waals surface area (Å²) in [4.78, 5) is 24.5. The molecule has 0 aromatic rings. The number of aliphatic hydroxyl groups excluding tert-OH is 2. The molecule has 5 aliphatic rings. The molecule has 0 aromatic heterocycles. The van der Waals surface area contributed by atoms with Gasteiger partial charge in [-0.15, -0.1) is 0 Å². The fourth-order valence-corrected chi connectivity index (χ4v) is 8.20.